The zero-order valence-corrected chi connectivity index (χ0v) is 8.06. The molecular formula is C10H14O4. The Balaban J connectivity index is 2.34. The zero-order valence-electron chi connectivity index (χ0n) is 8.06. The fourth-order valence-corrected chi connectivity index (χ4v) is 2.22. The molecule has 1 saturated heterocycles. The van der Waals surface area contributed by atoms with Gasteiger partial charge >= 0.3 is 5.97 Å². The van der Waals surface area contributed by atoms with Crippen molar-refractivity contribution in [2.45, 2.75) is 38.4 Å². The third kappa shape index (κ3) is 1.39. The number of carbonyl (C=O) groups excluding carboxylic acids is 1. The van der Waals surface area contributed by atoms with Crippen LogP contribution in [-0.4, -0.2) is 28.4 Å². The predicted molar refractivity (Wildman–Crippen MR) is 48.6 cm³/mol. The first-order valence-corrected chi connectivity index (χ1v) is 4.90. The minimum absolute atomic E-state index is 0.0946. The minimum Gasteiger partial charge on any atom is -0.512 e. The van der Waals surface area contributed by atoms with Crippen molar-refractivity contribution in [2.24, 2.45) is 5.92 Å². The molecule has 0 amide bonds. The summed E-state index contributed by atoms with van der Waals surface area (Å²) in [5, 5.41) is 19.3. The normalized spacial score (nSPS) is 37.9. The standard InChI is InChI=1S/C10H14O4/c1-5-4-6-7(11)2-3-8(12)9(6)10(13)14-5/h5-7,11-12H,2-4H2,1H3. The van der Waals surface area contributed by atoms with E-state index in [1.807, 2.05) is 0 Å². The smallest absolute Gasteiger partial charge is 0.338 e. The summed E-state index contributed by atoms with van der Waals surface area (Å²) in [5.74, 6) is -0.609. The molecule has 0 aromatic heterocycles. The molecule has 4 heteroatoms. The van der Waals surface area contributed by atoms with Crippen LogP contribution in [0.25, 0.3) is 0 Å². The van der Waals surface area contributed by atoms with E-state index in [-0.39, 0.29) is 17.8 Å². The van der Waals surface area contributed by atoms with Crippen LogP contribution in [0.15, 0.2) is 11.3 Å². The number of cyclic esters (lactones) is 1. The van der Waals surface area contributed by atoms with Gasteiger partial charge < -0.3 is 14.9 Å². The van der Waals surface area contributed by atoms with Gasteiger partial charge in [0.1, 0.15) is 11.9 Å². The van der Waals surface area contributed by atoms with Gasteiger partial charge in [-0.2, -0.15) is 0 Å². The Kier molecular flexibility index (Phi) is 2.23. The Hall–Kier alpha value is -1.03. The lowest BCUT2D eigenvalue weighted by Crippen LogP contribution is -2.39. The van der Waals surface area contributed by atoms with Crippen molar-refractivity contribution < 1.29 is 19.7 Å². The van der Waals surface area contributed by atoms with Crippen LogP contribution in [0.3, 0.4) is 0 Å². The number of fused-ring (bicyclic) bond motifs is 1. The van der Waals surface area contributed by atoms with Crippen molar-refractivity contribution in [1.82, 2.24) is 0 Å². The molecule has 4 nitrogen and oxygen atoms in total. The highest BCUT2D eigenvalue weighted by Crippen LogP contribution is 2.37. The van der Waals surface area contributed by atoms with Gasteiger partial charge in [0.25, 0.3) is 0 Å². The molecule has 1 aliphatic heterocycles. The summed E-state index contributed by atoms with van der Waals surface area (Å²) in [6.07, 6.45) is 0.816. The lowest BCUT2D eigenvalue weighted by Gasteiger charge is -2.35. The summed E-state index contributed by atoms with van der Waals surface area (Å²) in [6, 6.07) is 0. The first-order valence-electron chi connectivity index (χ1n) is 4.90. The van der Waals surface area contributed by atoms with Crippen molar-refractivity contribution in [3.63, 3.8) is 0 Å². The van der Waals surface area contributed by atoms with E-state index in [2.05, 4.69) is 0 Å². The Morgan fingerprint density at radius 3 is 2.93 bits per heavy atom. The fraction of sp³-hybridized carbons (Fsp3) is 0.700. The zero-order chi connectivity index (χ0) is 10.3. The monoisotopic (exact) mass is 198 g/mol. The van der Waals surface area contributed by atoms with E-state index in [0.717, 1.165) is 0 Å². The van der Waals surface area contributed by atoms with E-state index in [9.17, 15) is 15.0 Å². The maximum atomic E-state index is 11.4. The van der Waals surface area contributed by atoms with E-state index >= 15 is 0 Å². The number of allylic oxidation sites excluding steroid dienone is 1. The lowest BCUT2D eigenvalue weighted by atomic mass is 9.79. The van der Waals surface area contributed by atoms with Gasteiger partial charge in [0, 0.05) is 12.3 Å². The predicted octanol–water partition coefficient (Wildman–Crippen LogP) is 0.905. The molecule has 0 spiro atoms. The molecule has 3 unspecified atom stereocenters. The van der Waals surface area contributed by atoms with Crippen molar-refractivity contribution >= 4 is 5.97 Å². The maximum absolute atomic E-state index is 11.4. The molecule has 3 atom stereocenters. The maximum Gasteiger partial charge on any atom is 0.338 e. The Labute approximate surface area is 82.2 Å². The summed E-state index contributed by atoms with van der Waals surface area (Å²) in [6.45, 7) is 1.80. The first-order chi connectivity index (χ1) is 6.59. The molecule has 0 bridgehead atoms. The van der Waals surface area contributed by atoms with E-state index in [1.54, 1.807) is 6.92 Å². The summed E-state index contributed by atoms with van der Waals surface area (Å²) in [7, 11) is 0. The number of ether oxygens (including phenoxy) is 1. The Morgan fingerprint density at radius 2 is 2.21 bits per heavy atom. The van der Waals surface area contributed by atoms with Crippen LogP contribution in [0, 0.1) is 5.92 Å². The first kappa shape index (κ1) is 9.52. The summed E-state index contributed by atoms with van der Waals surface area (Å²) in [5.41, 5.74) is 0.293. The van der Waals surface area contributed by atoms with E-state index in [4.69, 9.17) is 4.74 Å². The topological polar surface area (TPSA) is 66.8 Å². The molecule has 0 radical (unpaired) electrons. The summed E-state index contributed by atoms with van der Waals surface area (Å²) in [4.78, 5) is 11.4. The second kappa shape index (κ2) is 3.28. The highest BCUT2D eigenvalue weighted by atomic mass is 16.5. The van der Waals surface area contributed by atoms with Crippen LogP contribution >= 0.6 is 0 Å². The second-order valence-electron chi connectivity index (χ2n) is 4.02. The highest BCUT2D eigenvalue weighted by molar-refractivity contribution is 5.90. The summed E-state index contributed by atoms with van der Waals surface area (Å²) >= 11 is 0. The summed E-state index contributed by atoms with van der Waals surface area (Å²) < 4.78 is 5.01. The van der Waals surface area contributed by atoms with Gasteiger partial charge in [-0.15, -0.1) is 0 Å². The molecule has 1 aliphatic carbocycles. The highest BCUT2D eigenvalue weighted by Gasteiger charge is 2.40. The van der Waals surface area contributed by atoms with Crippen LogP contribution in [0.4, 0.5) is 0 Å². The van der Waals surface area contributed by atoms with Gasteiger partial charge in [-0.05, 0) is 19.8 Å². The average Bonchev–Trinajstić information content (AvgIpc) is 2.10. The molecule has 2 N–H and O–H groups in total. The number of esters is 1. The second-order valence-corrected chi connectivity index (χ2v) is 4.02. The molecule has 2 rings (SSSR count). The largest absolute Gasteiger partial charge is 0.512 e. The molecule has 0 aromatic carbocycles. The lowest BCUT2D eigenvalue weighted by molar-refractivity contribution is -0.151. The van der Waals surface area contributed by atoms with Gasteiger partial charge in [0.2, 0.25) is 0 Å². The molecule has 0 aromatic rings. The molecule has 2 aliphatic rings. The molecule has 0 saturated carbocycles. The van der Waals surface area contributed by atoms with Crippen molar-refractivity contribution in [3.05, 3.63) is 11.3 Å². The van der Waals surface area contributed by atoms with E-state index in [1.165, 1.54) is 0 Å². The van der Waals surface area contributed by atoms with Crippen LogP contribution < -0.4 is 0 Å². The SMILES string of the molecule is CC1CC2C(=C(O)CCC2O)C(=O)O1. The average molecular weight is 198 g/mol. The van der Waals surface area contributed by atoms with Gasteiger partial charge in [-0.25, -0.2) is 4.79 Å². The molecular weight excluding hydrogens is 184 g/mol. The number of rotatable bonds is 0. The van der Waals surface area contributed by atoms with Crippen molar-refractivity contribution in [3.8, 4) is 0 Å². The van der Waals surface area contributed by atoms with Gasteiger partial charge in [-0.1, -0.05) is 0 Å². The Bertz CT molecular complexity index is 294. The van der Waals surface area contributed by atoms with Crippen LogP contribution in [0.5, 0.6) is 0 Å². The Morgan fingerprint density at radius 1 is 1.50 bits per heavy atom. The van der Waals surface area contributed by atoms with Crippen LogP contribution in [0.2, 0.25) is 0 Å². The van der Waals surface area contributed by atoms with Gasteiger partial charge in [0.05, 0.1) is 11.7 Å². The van der Waals surface area contributed by atoms with Crippen molar-refractivity contribution in [1.29, 1.82) is 0 Å². The number of aliphatic hydroxyl groups is 2. The fourth-order valence-electron chi connectivity index (χ4n) is 2.22. The van der Waals surface area contributed by atoms with Crippen LogP contribution in [-0.2, 0) is 9.53 Å². The molecule has 1 heterocycles. The molecule has 1 fully saturated rings. The molecule has 14 heavy (non-hydrogen) atoms. The number of carbonyl (C=O) groups is 1. The van der Waals surface area contributed by atoms with E-state index < -0.39 is 12.1 Å². The third-order valence-electron chi connectivity index (χ3n) is 2.94. The van der Waals surface area contributed by atoms with E-state index in [0.29, 0.717) is 24.8 Å². The number of hydrogen-bond acceptors (Lipinski definition) is 4. The van der Waals surface area contributed by atoms with Gasteiger partial charge in [-0.3, -0.25) is 0 Å². The quantitative estimate of drug-likeness (QED) is 0.568. The molecule has 78 valence electrons. The van der Waals surface area contributed by atoms with Gasteiger partial charge in [0.15, 0.2) is 0 Å². The number of hydrogen-bond donors (Lipinski definition) is 2. The third-order valence-corrected chi connectivity index (χ3v) is 2.94. The number of aliphatic hydroxyl groups excluding tert-OH is 2. The van der Waals surface area contributed by atoms with Crippen molar-refractivity contribution in [2.75, 3.05) is 0 Å². The van der Waals surface area contributed by atoms with Crippen LogP contribution in [0.1, 0.15) is 26.2 Å². The minimum atomic E-state index is -0.517.